The van der Waals surface area contributed by atoms with Crippen molar-refractivity contribution >= 4 is 40.6 Å². The summed E-state index contributed by atoms with van der Waals surface area (Å²) in [4.78, 5) is 11.6. The third kappa shape index (κ3) is 5.33. The van der Waals surface area contributed by atoms with Crippen molar-refractivity contribution in [3.63, 3.8) is 0 Å². The van der Waals surface area contributed by atoms with Crippen LogP contribution < -0.4 is 11.1 Å². The van der Waals surface area contributed by atoms with Gasteiger partial charge in [-0.25, -0.2) is 0 Å². The van der Waals surface area contributed by atoms with Crippen LogP contribution >= 0.6 is 23.4 Å². The normalized spacial score (nSPS) is 10.2. The van der Waals surface area contributed by atoms with Crippen molar-refractivity contribution in [2.45, 2.75) is 19.8 Å². The van der Waals surface area contributed by atoms with E-state index in [9.17, 15) is 4.79 Å². The van der Waals surface area contributed by atoms with Crippen molar-refractivity contribution in [2.75, 3.05) is 22.6 Å². The summed E-state index contributed by atoms with van der Waals surface area (Å²) in [7, 11) is 0. The number of nitrogens with two attached hydrogens (primary N) is 1. The summed E-state index contributed by atoms with van der Waals surface area (Å²) < 4.78 is 0. The molecule has 17 heavy (non-hydrogen) atoms. The van der Waals surface area contributed by atoms with Crippen molar-refractivity contribution in [2.24, 2.45) is 0 Å². The summed E-state index contributed by atoms with van der Waals surface area (Å²) >= 11 is 7.46. The minimum atomic E-state index is -0.0416. The average Bonchev–Trinajstić information content (AvgIpc) is 2.29. The molecule has 94 valence electrons. The van der Waals surface area contributed by atoms with Gasteiger partial charge in [-0.05, 0) is 30.4 Å². The lowest BCUT2D eigenvalue weighted by Gasteiger charge is -2.08. The molecule has 1 aromatic rings. The number of nitrogen functional groups attached to an aromatic ring is 1. The van der Waals surface area contributed by atoms with E-state index in [1.54, 1.807) is 30.0 Å². The van der Waals surface area contributed by atoms with Crippen LogP contribution in [0, 0.1) is 0 Å². The van der Waals surface area contributed by atoms with E-state index in [4.69, 9.17) is 17.3 Å². The first-order valence-electron chi connectivity index (χ1n) is 5.56. The van der Waals surface area contributed by atoms with Gasteiger partial charge in [-0.2, -0.15) is 11.8 Å². The molecule has 0 saturated carbocycles. The predicted octanol–water partition coefficient (Wildman–Crippen LogP) is 3.39. The SMILES string of the molecule is CCCCSCC(=O)Nc1cc(Cl)ccc1N. The predicted molar refractivity (Wildman–Crippen MR) is 76.7 cm³/mol. The zero-order valence-electron chi connectivity index (χ0n) is 9.83. The molecule has 0 fully saturated rings. The molecule has 0 radical (unpaired) electrons. The molecule has 5 heteroatoms. The Morgan fingerprint density at radius 2 is 2.29 bits per heavy atom. The highest BCUT2D eigenvalue weighted by molar-refractivity contribution is 7.99. The van der Waals surface area contributed by atoms with Crippen LogP contribution in [0.5, 0.6) is 0 Å². The zero-order valence-corrected chi connectivity index (χ0v) is 11.4. The highest BCUT2D eigenvalue weighted by atomic mass is 35.5. The lowest BCUT2D eigenvalue weighted by atomic mass is 10.2. The van der Waals surface area contributed by atoms with Crippen molar-refractivity contribution in [3.8, 4) is 0 Å². The van der Waals surface area contributed by atoms with Gasteiger partial charge in [-0.15, -0.1) is 0 Å². The molecule has 0 unspecified atom stereocenters. The Balaban J connectivity index is 2.42. The fourth-order valence-electron chi connectivity index (χ4n) is 1.23. The number of carbonyl (C=O) groups excluding carboxylic acids is 1. The van der Waals surface area contributed by atoms with Gasteiger partial charge in [-0.1, -0.05) is 24.9 Å². The third-order valence-electron chi connectivity index (χ3n) is 2.16. The van der Waals surface area contributed by atoms with Crippen LogP contribution in [0.4, 0.5) is 11.4 Å². The van der Waals surface area contributed by atoms with E-state index < -0.39 is 0 Å². The third-order valence-corrected chi connectivity index (χ3v) is 3.44. The van der Waals surface area contributed by atoms with E-state index in [0.717, 1.165) is 18.6 Å². The van der Waals surface area contributed by atoms with Crippen LogP contribution in [0.1, 0.15) is 19.8 Å². The summed E-state index contributed by atoms with van der Waals surface area (Å²) in [5, 5.41) is 3.32. The second-order valence-corrected chi connectivity index (χ2v) is 5.23. The standard InChI is InChI=1S/C12H17ClN2OS/c1-2-3-6-17-8-12(16)15-11-7-9(13)4-5-10(11)14/h4-5,7H,2-3,6,8,14H2,1H3,(H,15,16). The first-order chi connectivity index (χ1) is 8.13. The topological polar surface area (TPSA) is 55.1 Å². The van der Waals surface area contributed by atoms with Gasteiger partial charge in [0.15, 0.2) is 0 Å². The Morgan fingerprint density at radius 3 is 3.00 bits per heavy atom. The van der Waals surface area contributed by atoms with E-state index in [2.05, 4.69) is 12.2 Å². The van der Waals surface area contributed by atoms with Crippen LogP contribution in [0.25, 0.3) is 0 Å². The molecular formula is C12H17ClN2OS. The highest BCUT2D eigenvalue weighted by Crippen LogP contribution is 2.23. The van der Waals surface area contributed by atoms with Gasteiger partial charge in [0.1, 0.15) is 0 Å². The van der Waals surface area contributed by atoms with E-state index in [1.807, 2.05) is 0 Å². The van der Waals surface area contributed by atoms with Gasteiger partial charge in [0, 0.05) is 5.02 Å². The molecule has 0 aliphatic heterocycles. The van der Waals surface area contributed by atoms with Gasteiger partial charge < -0.3 is 11.1 Å². The Morgan fingerprint density at radius 1 is 1.53 bits per heavy atom. The number of hydrogen-bond acceptors (Lipinski definition) is 3. The maximum Gasteiger partial charge on any atom is 0.234 e. The molecule has 3 nitrogen and oxygen atoms in total. The van der Waals surface area contributed by atoms with E-state index in [1.165, 1.54) is 0 Å². The fraction of sp³-hybridized carbons (Fsp3) is 0.417. The van der Waals surface area contributed by atoms with Crippen molar-refractivity contribution in [1.82, 2.24) is 0 Å². The van der Waals surface area contributed by atoms with Crippen molar-refractivity contribution in [3.05, 3.63) is 23.2 Å². The smallest absolute Gasteiger partial charge is 0.234 e. The number of benzene rings is 1. The van der Waals surface area contributed by atoms with Crippen LogP contribution in [-0.2, 0) is 4.79 Å². The maximum atomic E-state index is 11.6. The zero-order chi connectivity index (χ0) is 12.7. The monoisotopic (exact) mass is 272 g/mol. The quantitative estimate of drug-likeness (QED) is 0.616. The largest absolute Gasteiger partial charge is 0.397 e. The number of unbranched alkanes of at least 4 members (excludes halogenated alkanes) is 1. The molecule has 0 aliphatic carbocycles. The first kappa shape index (κ1) is 14.2. The highest BCUT2D eigenvalue weighted by Gasteiger charge is 2.05. The maximum absolute atomic E-state index is 11.6. The average molecular weight is 273 g/mol. The number of anilines is 2. The number of carbonyl (C=O) groups is 1. The van der Waals surface area contributed by atoms with Gasteiger partial charge in [0.2, 0.25) is 5.91 Å². The van der Waals surface area contributed by atoms with Crippen molar-refractivity contribution in [1.29, 1.82) is 0 Å². The molecule has 0 atom stereocenters. The Bertz CT molecular complexity index is 385. The molecule has 0 spiro atoms. The van der Waals surface area contributed by atoms with Crippen LogP contribution in [0.15, 0.2) is 18.2 Å². The van der Waals surface area contributed by atoms with E-state index in [-0.39, 0.29) is 5.91 Å². The molecular weight excluding hydrogens is 256 g/mol. The Hall–Kier alpha value is -0.870. The second-order valence-electron chi connectivity index (χ2n) is 3.69. The number of rotatable bonds is 6. The molecule has 0 aliphatic rings. The molecule has 0 aromatic heterocycles. The summed E-state index contributed by atoms with van der Waals surface area (Å²) in [6.07, 6.45) is 2.28. The lowest BCUT2D eigenvalue weighted by molar-refractivity contribution is -0.113. The summed E-state index contributed by atoms with van der Waals surface area (Å²) in [6, 6.07) is 5.04. The van der Waals surface area contributed by atoms with Crippen LogP contribution in [0.2, 0.25) is 5.02 Å². The van der Waals surface area contributed by atoms with Crippen molar-refractivity contribution < 1.29 is 4.79 Å². The number of nitrogens with one attached hydrogen (secondary N) is 1. The number of thioether (sulfide) groups is 1. The van der Waals surface area contributed by atoms with Gasteiger partial charge in [0.05, 0.1) is 17.1 Å². The summed E-state index contributed by atoms with van der Waals surface area (Å²) in [5.41, 5.74) is 6.84. The molecule has 1 aromatic carbocycles. The molecule has 0 heterocycles. The van der Waals surface area contributed by atoms with Gasteiger partial charge in [-0.3, -0.25) is 4.79 Å². The fourth-order valence-corrected chi connectivity index (χ4v) is 2.30. The molecule has 0 saturated heterocycles. The van der Waals surface area contributed by atoms with Gasteiger partial charge >= 0.3 is 0 Å². The van der Waals surface area contributed by atoms with Gasteiger partial charge in [0.25, 0.3) is 0 Å². The molecule has 1 rings (SSSR count). The lowest BCUT2D eigenvalue weighted by Crippen LogP contribution is -2.15. The molecule has 0 bridgehead atoms. The Labute approximate surface area is 111 Å². The Kier molecular flexibility index (Phi) is 6.22. The number of halogens is 1. The molecule has 1 amide bonds. The van der Waals surface area contributed by atoms with E-state index >= 15 is 0 Å². The molecule has 3 N–H and O–H groups in total. The van der Waals surface area contributed by atoms with Crippen LogP contribution in [0.3, 0.4) is 0 Å². The summed E-state index contributed by atoms with van der Waals surface area (Å²) in [6.45, 7) is 2.13. The minimum absolute atomic E-state index is 0.0416. The van der Waals surface area contributed by atoms with Crippen LogP contribution in [-0.4, -0.2) is 17.4 Å². The second kappa shape index (κ2) is 7.45. The summed E-state index contributed by atoms with van der Waals surface area (Å²) in [5.74, 6) is 1.42. The number of amides is 1. The minimum Gasteiger partial charge on any atom is -0.397 e. The first-order valence-corrected chi connectivity index (χ1v) is 7.09. The van der Waals surface area contributed by atoms with E-state index in [0.29, 0.717) is 22.2 Å². The number of hydrogen-bond donors (Lipinski definition) is 2.